The molecule has 0 saturated heterocycles. The van der Waals surface area contributed by atoms with Gasteiger partial charge in [0.05, 0.1) is 30.4 Å². The van der Waals surface area contributed by atoms with Crippen LogP contribution in [-0.4, -0.2) is 49.3 Å². The van der Waals surface area contributed by atoms with Crippen LogP contribution in [0.2, 0.25) is 0 Å². The highest BCUT2D eigenvalue weighted by Crippen LogP contribution is 2.36. The topological polar surface area (TPSA) is 88.1 Å². The molecule has 0 amide bonds. The smallest absolute Gasteiger partial charge is 0.465 e. The molecular formula is C37H41F5O7. The number of hydrogen-bond donors (Lipinski definition) is 0. The zero-order valence-electron chi connectivity index (χ0n) is 27.5. The summed E-state index contributed by atoms with van der Waals surface area (Å²) in [5.74, 6) is -8.19. The number of hydrogen-bond acceptors (Lipinski definition) is 7. The lowest BCUT2D eigenvalue weighted by Gasteiger charge is -2.17. The van der Waals surface area contributed by atoms with E-state index >= 15 is 0 Å². The summed E-state index contributed by atoms with van der Waals surface area (Å²) in [6.45, 7) is 3.82. The zero-order chi connectivity index (χ0) is 35.9. The molecule has 0 saturated carbocycles. The Morgan fingerprint density at radius 1 is 0.633 bits per heavy atom. The van der Waals surface area contributed by atoms with E-state index in [0.717, 1.165) is 36.8 Å². The van der Waals surface area contributed by atoms with Gasteiger partial charge >= 0.3 is 30.0 Å². The van der Waals surface area contributed by atoms with E-state index < -0.39 is 30.6 Å². The molecule has 0 aliphatic heterocycles. The van der Waals surface area contributed by atoms with Gasteiger partial charge in [0.1, 0.15) is 11.5 Å². The summed E-state index contributed by atoms with van der Waals surface area (Å²) in [6, 6.07) is 20.4. The third-order valence-corrected chi connectivity index (χ3v) is 7.53. The maximum absolute atomic E-state index is 12.8. The average molecular weight is 693 g/mol. The minimum absolute atomic E-state index is 0.128. The van der Waals surface area contributed by atoms with Crippen LogP contribution in [0.1, 0.15) is 92.4 Å². The highest BCUT2D eigenvalue weighted by Gasteiger charge is 2.64. The number of carbonyl (C=O) groups is 3. The molecule has 3 aromatic carbocycles. The van der Waals surface area contributed by atoms with Crippen molar-refractivity contribution in [1.82, 2.24) is 0 Å². The van der Waals surface area contributed by atoms with Crippen LogP contribution in [0.5, 0.6) is 11.5 Å². The van der Waals surface area contributed by atoms with Crippen molar-refractivity contribution in [3.63, 3.8) is 0 Å². The van der Waals surface area contributed by atoms with Crippen LogP contribution in [-0.2, 0) is 14.3 Å². The Balaban J connectivity index is 1.36. The maximum atomic E-state index is 12.8. The fraction of sp³-hybridized carbons (Fsp3) is 0.432. The van der Waals surface area contributed by atoms with E-state index in [4.69, 9.17) is 14.2 Å². The Morgan fingerprint density at radius 3 is 1.73 bits per heavy atom. The average Bonchev–Trinajstić information content (AvgIpc) is 3.08. The van der Waals surface area contributed by atoms with E-state index in [1.54, 1.807) is 48.5 Å². The summed E-state index contributed by atoms with van der Waals surface area (Å²) >= 11 is 0. The van der Waals surface area contributed by atoms with Gasteiger partial charge in [-0.25, -0.2) is 14.4 Å². The van der Waals surface area contributed by atoms with Crippen LogP contribution < -0.4 is 9.47 Å². The van der Waals surface area contributed by atoms with Crippen molar-refractivity contribution < 1.29 is 55.3 Å². The van der Waals surface area contributed by atoms with Crippen molar-refractivity contribution in [2.75, 3.05) is 13.2 Å². The molecule has 3 aromatic rings. The van der Waals surface area contributed by atoms with Crippen LogP contribution in [0.4, 0.5) is 22.0 Å². The van der Waals surface area contributed by atoms with Gasteiger partial charge < -0.3 is 18.9 Å². The third kappa shape index (κ3) is 12.5. The Labute approximate surface area is 282 Å². The second-order valence-electron chi connectivity index (χ2n) is 11.6. The molecule has 266 valence electrons. The third-order valence-electron chi connectivity index (χ3n) is 7.53. The minimum Gasteiger partial charge on any atom is -0.494 e. The van der Waals surface area contributed by atoms with Crippen LogP contribution in [0.3, 0.4) is 0 Å². The number of halogens is 5. The summed E-state index contributed by atoms with van der Waals surface area (Å²) in [5.41, 5.74) is 2.55. The summed E-state index contributed by atoms with van der Waals surface area (Å²) in [4.78, 5) is 36.1. The number of benzene rings is 3. The first-order chi connectivity index (χ1) is 23.3. The lowest BCUT2D eigenvalue weighted by molar-refractivity contribution is -0.280. The molecule has 49 heavy (non-hydrogen) atoms. The van der Waals surface area contributed by atoms with Crippen molar-refractivity contribution in [2.45, 2.75) is 89.8 Å². The fourth-order valence-corrected chi connectivity index (χ4v) is 4.65. The van der Waals surface area contributed by atoms with Crippen molar-refractivity contribution >= 4 is 17.9 Å². The van der Waals surface area contributed by atoms with E-state index in [-0.39, 0.29) is 18.5 Å². The molecule has 1 atom stereocenters. The van der Waals surface area contributed by atoms with Gasteiger partial charge in [-0.15, -0.1) is 0 Å². The predicted octanol–water partition coefficient (Wildman–Crippen LogP) is 9.77. The standard InChI is InChI=1S/C37H41F5O7/c1-3-4-5-8-11-26(2)48-33(43)29-14-12-27(13-15-29)28-16-22-32(23-17-28)49-34(44)30-18-20-31(21-19-30)46-24-9-6-7-10-25-47-35(45)36(38,39)37(40,41)42/h12-23,26H,3-11,24-25H2,1-2H3. The maximum Gasteiger partial charge on any atom is 0.465 e. The van der Waals surface area contributed by atoms with Crippen molar-refractivity contribution in [3.8, 4) is 22.6 Å². The summed E-state index contributed by atoms with van der Waals surface area (Å²) in [5, 5.41) is 0. The van der Waals surface area contributed by atoms with E-state index in [1.807, 2.05) is 31.2 Å². The summed E-state index contributed by atoms with van der Waals surface area (Å²) < 4.78 is 82.8. The van der Waals surface area contributed by atoms with Crippen LogP contribution in [0.25, 0.3) is 11.1 Å². The van der Waals surface area contributed by atoms with Gasteiger partial charge in [-0.3, -0.25) is 0 Å². The number of rotatable bonds is 19. The van der Waals surface area contributed by atoms with E-state index in [2.05, 4.69) is 11.7 Å². The molecule has 7 nitrogen and oxygen atoms in total. The number of unbranched alkanes of at least 4 members (excludes halogenated alkanes) is 6. The lowest BCUT2D eigenvalue weighted by atomic mass is 10.0. The number of ether oxygens (including phenoxy) is 4. The van der Waals surface area contributed by atoms with Crippen LogP contribution in [0, 0.1) is 0 Å². The van der Waals surface area contributed by atoms with Crippen molar-refractivity contribution in [3.05, 3.63) is 83.9 Å². The first kappa shape index (κ1) is 39.0. The predicted molar refractivity (Wildman–Crippen MR) is 173 cm³/mol. The summed E-state index contributed by atoms with van der Waals surface area (Å²) in [7, 11) is 0. The van der Waals surface area contributed by atoms with Gasteiger partial charge in [-0.1, -0.05) is 50.5 Å². The lowest BCUT2D eigenvalue weighted by Crippen LogP contribution is -2.45. The molecule has 0 aromatic heterocycles. The van der Waals surface area contributed by atoms with Crippen LogP contribution in [0.15, 0.2) is 72.8 Å². The monoisotopic (exact) mass is 692 g/mol. The van der Waals surface area contributed by atoms with Gasteiger partial charge in [-0.2, -0.15) is 22.0 Å². The molecule has 0 bridgehead atoms. The quantitative estimate of drug-likeness (QED) is 0.0535. The summed E-state index contributed by atoms with van der Waals surface area (Å²) in [6.07, 6.45) is 0.898. The molecule has 0 heterocycles. The van der Waals surface area contributed by atoms with Gasteiger partial charge in [0.15, 0.2) is 0 Å². The van der Waals surface area contributed by atoms with Gasteiger partial charge in [0.25, 0.3) is 0 Å². The molecule has 0 radical (unpaired) electrons. The molecule has 0 aliphatic carbocycles. The van der Waals surface area contributed by atoms with Crippen molar-refractivity contribution in [2.24, 2.45) is 0 Å². The molecule has 1 unspecified atom stereocenters. The SMILES string of the molecule is CCCCCCC(C)OC(=O)c1ccc(-c2ccc(OC(=O)c3ccc(OCCCCCCOC(=O)C(F)(F)C(F)(F)F)cc3)cc2)cc1. The first-order valence-electron chi connectivity index (χ1n) is 16.3. The first-order valence-corrected chi connectivity index (χ1v) is 16.3. The van der Waals surface area contributed by atoms with Crippen molar-refractivity contribution in [1.29, 1.82) is 0 Å². The highest BCUT2D eigenvalue weighted by molar-refractivity contribution is 5.91. The second-order valence-corrected chi connectivity index (χ2v) is 11.6. The molecule has 0 fully saturated rings. The molecule has 0 spiro atoms. The van der Waals surface area contributed by atoms with E-state index in [0.29, 0.717) is 48.5 Å². The number of esters is 3. The van der Waals surface area contributed by atoms with E-state index in [9.17, 15) is 36.3 Å². The van der Waals surface area contributed by atoms with Crippen LogP contribution >= 0.6 is 0 Å². The molecule has 3 rings (SSSR count). The van der Waals surface area contributed by atoms with Gasteiger partial charge in [-0.05, 0) is 105 Å². The molecular weight excluding hydrogens is 651 g/mol. The van der Waals surface area contributed by atoms with Gasteiger partial charge in [0.2, 0.25) is 0 Å². The number of carbonyl (C=O) groups excluding carboxylic acids is 3. The number of alkyl halides is 5. The zero-order valence-corrected chi connectivity index (χ0v) is 27.5. The van der Waals surface area contributed by atoms with Gasteiger partial charge in [0, 0.05) is 0 Å². The fourth-order valence-electron chi connectivity index (χ4n) is 4.65. The highest BCUT2D eigenvalue weighted by atomic mass is 19.4. The molecule has 0 aliphatic rings. The Morgan fingerprint density at radius 2 is 1.14 bits per heavy atom. The largest absolute Gasteiger partial charge is 0.494 e. The second kappa shape index (κ2) is 18.9. The Bertz CT molecular complexity index is 1470. The normalized spacial score (nSPS) is 12.2. The molecule has 12 heteroatoms. The Hall–Kier alpha value is -4.48. The minimum atomic E-state index is -5.99. The van der Waals surface area contributed by atoms with E-state index in [1.165, 1.54) is 6.42 Å². The Kier molecular flexibility index (Phi) is 15.0. The molecule has 0 N–H and O–H groups in total.